The molecule has 1 atom stereocenters. The molecule has 0 saturated carbocycles. The third-order valence-electron chi connectivity index (χ3n) is 4.61. The number of aryl methyl sites for hydroxylation is 1. The second-order valence-electron chi connectivity index (χ2n) is 6.61. The van der Waals surface area contributed by atoms with Crippen LogP contribution in [0.3, 0.4) is 0 Å². The van der Waals surface area contributed by atoms with E-state index in [0.29, 0.717) is 0 Å². The first-order valence-corrected chi connectivity index (χ1v) is 9.14. The summed E-state index contributed by atoms with van der Waals surface area (Å²) in [5.41, 5.74) is 2.01. The largest absolute Gasteiger partial charge is 0.328 e. The highest BCUT2D eigenvalue weighted by atomic mass is 16.9. The molecule has 0 aliphatic carbocycles. The first-order chi connectivity index (χ1) is 13.0. The van der Waals surface area contributed by atoms with Crippen molar-refractivity contribution in [2.45, 2.75) is 38.6 Å². The Bertz CT molecular complexity index is 769. The van der Waals surface area contributed by atoms with Crippen LogP contribution in [-0.2, 0) is 0 Å². The lowest BCUT2D eigenvalue weighted by Gasteiger charge is -2.28. The maximum Gasteiger partial charge on any atom is 0.291 e. The smallest absolute Gasteiger partial charge is 0.291 e. The molecule has 1 saturated heterocycles. The van der Waals surface area contributed by atoms with Crippen LogP contribution in [0.4, 0.5) is 0 Å². The Kier molecular flexibility index (Phi) is 7.94. The zero-order valence-corrected chi connectivity index (χ0v) is 15.5. The molecule has 0 radical (unpaired) electrons. The minimum absolute atomic E-state index is 0.00512. The predicted octanol–water partition coefficient (Wildman–Crippen LogP) is 2.67. The Balaban J connectivity index is 0.000000596. The van der Waals surface area contributed by atoms with Gasteiger partial charge in [-0.15, -0.1) is 10.1 Å². The number of nitrogens with zero attached hydrogens (tertiary/aromatic N) is 4. The van der Waals surface area contributed by atoms with Gasteiger partial charge >= 0.3 is 0 Å². The van der Waals surface area contributed by atoms with Crippen LogP contribution in [0.25, 0.3) is 0 Å². The molecule has 0 bridgehead atoms. The van der Waals surface area contributed by atoms with E-state index in [1.807, 2.05) is 25.1 Å². The SMILES string of the molecule is Cc1ccc(=O)n(C(CCN2CCCCC2)c2ccccc2)n1.O=[N+]([O-])O. The molecule has 146 valence electrons. The van der Waals surface area contributed by atoms with Gasteiger partial charge < -0.3 is 10.1 Å². The average Bonchev–Trinajstić information content (AvgIpc) is 2.66. The van der Waals surface area contributed by atoms with Crippen molar-refractivity contribution in [3.63, 3.8) is 0 Å². The van der Waals surface area contributed by atoms with E-state index in [4.69, 9.17) is 15.3 Å². The Morgan fingerprint density at radius 3 is 2.41 bits per heavy atom. The summed E-state index contributed by atoms with van der Waals surface area (Å²) in [7, 11) is 0. The van der Waals surface area contributed by atoms with Crippen LogP contribution in [-0.4, -0.2) is 44.6 Å². The van der Waals surface area contributed by atoms with E-state index in [2.05, 4.69) is 22.1 Å². The van der Waals surface area contributed by atoms with Crippen LogP contribution in [0.1, 0.15) is 43.0 Å². The van der Waals surface area contributed by atoms with Crippen LogP contribution in [0, 0.1) is 17.0 Å². The fourth-order valence-corrected chi connectivity index (χ4v) is 3.34. The summed E-state index contributed by atoms with van der Waals surface area (Å²) in [6.07, 6.45) is 4.84. The maximum absolute atomic E-state index is 12.3. The molecular formula is C19H26N4O4. The Morgan fingerprint density at radius 1 is 1.15 bits per heavy atom. The van der Waals surface area contributed by atoms with Crippen molar-refractivity contribution in [3.8, 4) is 0 Å². The predicted molar refractivity (Wildman–Crippen MR) is 102 cm³/mol. The Labute approximate surface area is 158 Å². The lowest BCUT2D eigenvalue weighted by Crippen LogP contribution is -2.34. The molecule has 2 heterocycles. The number of rotatable bonds is 5. The van der Waals surface area contributed by atoms with Gasteiger partial charge in [0.05, 0.1) is 11.7 Å². The highest BCUT2D eigenvalue weighted by Crippen LogP contribution is 2.21. The highest BCUT2D eigenvalue weighted by molar-refractivity contribution is 5.20. The molecule has 1 unspecified atom stereocenters. The summed E-state index contributed by atoms with van der Waals surface area (Å²) >= 11 is 0. The van der Waals surface area contributed by atoms with E-state index >= 15 is 0 Å². The summed E-state index contributed by atoms with van der Waals surface area (Å²) in [6, 6.07) is 13.7. The highest BCUT2D eigenvalue weighted by Gasteiger charge is 2.19. The molecule has 0 amide bonds. The van der Waals surface area contributed by atoms with Crippen molar-refractivity contribution in [2.75, 3.05) is 19.6 Å². The average molecular weight is 374 g/mol. The molecule has 0 spiro atoms. The lowest BCUT2D eigenvalue weighted by atomic mass is 10.0. The normalized spacial score (nSPS) is 15.4. The van der Waals surface area contributed by atoms with E-state index < -0.39 is 5.09 Å². The van der Waals surface area contributed by atoms with E-state index in [-0.39, 0.29) is 11.6 Å². The molecule has 3 rings (SSSR count). The third kappa shape index (κ3) is 6.82. The van der Waals surface area contributed by atoms with Crippen LogP contribution < -0.4 is 5.56 Å². The summed E-state index contributed by atoms with van der Waals surface area (Å²) in [5.74, 6) is 0. The number of likely N-dealkylation sites (tertiary alicyclic amines) is 1. The van der Waals surface area contributed by atoms with Crippen molar-refractivity contribution in [1.29, 1.82) is 0 Å². The van der Waals surface area contributed by atoms with E-state index in [1.54, 1.807) is 16.8 Å². The second kappa shape index (κ2) is 10.4. The summed E-state index contributed by atoms with van der Waals surface area (Å²) in [6.45, 7) is 5.31. The van der Waals surface area contributed by atoms with Gasteiger partial charge in [0, 0.05) is 12.6 Å². The van der Waals surface area contributed by atoms with E-state index in [0.717, 1.165) is 24.2 Å². The van der Waals surface area contributed by atoms with E-state index in [1.165, 1.54) is 32.4 Å². The number of benzene rings is 1. The fraction of sp³-hybridized carbons (Fsp3) is 0.474. The van der Waals surface area contributed by atoms with E-state index in [9.17, 15) is 4.79 Å². The first-order valence-electron chi connectivity index (χ1n) is 9.14. The van der Waals surface area contributed by atoms with Crippen LogP contribution in [0.2, 0.25) is 0 Å². The topological polar surface area (TPSA) is 102 Å². The maximum atomic E-state index is 12.3. The molecule has 1 aliphatic rings. The van der Waals surface area contributed by atoms with Crippen molar-refractivity contribution >= 4 is 0 Å². The molecule has 1 aromatic carbocycles. The fourth-order valence-electron chi connectivity index (χ4n) is 3.34. The molecule has 27 heavy (non-hydrogen) atoms. The molecule has 1 aromatic heterocycles. The molecule has 8 heteroatoms. The Morgan fingerprint density at radius 2 is 1.78 bits per heavy atom. The van der Waals surface area contributed by atoms with Crippen molar-refractivity contribution < 1.29 is 10.3 Å². The van der Waals surface area contributed by atoms with Gasteiger partial charge in [-0.2, -0.15) is 5.10 Å². The minimum Gasteiger partial charge on any atom is -0.328 e. The standard InChI is InChI=1S/C19H25N3O.HNO3/c1-16-10-11-19(23)22(20-16)18(17-8-4-2-5-9-17)12-15-21-13-6-3-7-14-21;2-1(3)4/h2,4-5,8-11,18H,3,6-7,12-15H2,1H3;(H,2,3,4). The summed E-state index contributed by atoms with van der Waals surface area (Å²) in [4.78, 5) is 23.2. The second-order valence-corrected chi connectivity index (χ2v) is 6.61. The number of piperidine rings is 1. The van der Waals surface area contributed by atoms with Crippen molar-refractivity contribution in [2.24, 2.45) is 0 Å². The quantitative estimate of drug-likeness (QED) is 0.638. The molecule has 1 aliphatic heterocycles. The first kappa shape index (κ1) is 20.6. The number of aromatic nitrogens is 2. The zero-order valence-electron chi connectivity index (χ0n) is 15.5. The van der Waals surface area contributed by atoms with Gasteiger partial charge in [-0.25, -0.2) is 4.68 Å². The molecule has 8 nitrogen and oxygen atoms in total. The van der Waals surface area contributed by atoms with Crippen molar-refractivity contribution in [1.82, 2.24) is 14.7 Å². The lowest BCUT2D eigenvalue weighted by molar-refractivity contribution is -0.742. The van der Waals surface area contributed by atoms with Crippen LogP contribution in [0.15, 0.2) is 47.3 Å². The molecule has 1 N–H and O–H groups in total. The molecule has 1 fully saturated rings. The van der Waals surface area contributed by atoms with Crippen LogP contribution >= 0.6 is 0 Å². The summed E-state index contributed by atoms with van der Waals surface area (Å²) in [5, 5.41) is 18.1. The van der Waals surface area contributed by atoms with Gasteiger partial charge in [0.1, 0.15) is 0 Å². The van der Waals surface area contributed by atoms with Gasteiger partial charge in [0.15, 0.2) is 0 Å². The van der Waals surface area contributed by atoms with Gasteiger partial charge in [-0.3, -0.25) is 4.79 Å². The Hall–Kier alpha value is -2.74. The van der Waals surface area contributed by atoms with Crippen LogP contribution in [0.5, 0.6) is 0 Å². The molecular weight excluding hydrogens is 348 g/mol. The van der Waals surface area contributed by atoms with Gasteiger partial charge in [-0.05, 0) is 50.9 Å². The monoisotopic (exact) mass is 374 g/mol. The molecule has 2 aromatic rings. The van der Waals surface area contributed by atoms with Gasteiger partial charge in [0.2, 0.25) is 0 Å². The minimum atomic E-state index is -1.50. The number of hydrogen-bond donors (Lipinski definition) is 1. The third-order valence-corrected chi connectivity index (χ3v) is 4.61. The summed E-state index contributed by atoms with van der Waals surface area (Å²) < 4.78 is 1.66. The van der Waals surface area contributed by atoms with Crippen molar-refractivity contribution in [3.05, 3.63) is 74.2 Å². The van der Waals surface area contributed by atoms with Gasteiger partial charge in [0.25, 0.3) is 10.6 Å². The number of hydrogen-bond acceptors (Lipinski definition) is 5. The zero-order chi connectivity index (χ0) is 19.6. The van der Waals surface area contributed by atoms with Gasteiger partial charge in [-0.1, -0.05) is 36.8 Å².